The lowest BCUT2D eigenvalue weighted by molar-refractivity contribution is 0.603. The molecule has 1 aromatic carbocycles. The fourth-order valence-electron chi connectivity index (χ4n) is 2.68. The third-order valence-corrected chi connectivity index (χ3v) is 8.66. The first-order valence-corrected chi connectivity index (χ1v) is 15.3. The Hall–Kier alpha value is -1.72. The van der Waals surface area contributed by atoms with Crippen LogP contribution in [0.5, 0.6) is 0 Å². The summed E-state index contributed by atoms with van der Waals surface area (Å²) in [5.74, 6) is 3.63. The van der Waals surface area contributed by atoms with Crippen LogP contribution in [0.1, 0.15) is 11.4 Å². The maximum atomic E-state index is 12.8. The summed E-state index contributed by atoms with van der Waals surface area (Å²) in [6, 6.07) is 14.1. The Morgan fingerprint density at radius 1 is 1.00 bits per heavy atom. The van der Waals surface area contributed by atoms with Gasteiger partial charge in [-0.1, -0.05) is 29.8 Å². The summed E-state index contributed by atoms with van der Waals surface area (Å²) >= 11 is 11.0. The van der Waals surface area contributed by atoms with Crippen molar-refractivity contribution in [2.45, 2.75) is 16.4 Å². The number of halogens is 1. The van der Waals surface area contributed by atoms with E-state index in [0.29, 0.717) is 29.7 Å². The van der Waals surface area contributed by atoms with Gasteiger partial charge in [0.05, 0.1) is 26.7 Å². The maximum absolute atomic E-state index is 12.8. The fourth-order valence-corrected chi connectivity index (χ4v) is 6.29. The first-order chi connectivity index (χ1) is 16.0. The largest absolute Gasteiger partial charge is 0.370 e. The molecule has 0 saturated carbocycles. The van der Waals surface area contributed by atoms with Gasteiger partial charge in [0.1, 0.15) is 5.82 Å². The van der Waals surface area contributed by atoms with Gasteiger partial charge in [0.25, 0.3) is 0 Å². The second-order valence-corrected chi connectivity index (χ2v) is 11.9. The standard InChI is InChI=1S/C22H25ClN4O2S4/c23-20-7-4-9-24-21(20)16-31-14-11-26-22(17-33(28,29)19-5-2-1-3-6-19)25-10-13-30-15-18-8-12-32-27-18/h1-9,12,17,25-26H,10-11,13-16H2/b22-17+. The number of rotatable bonds is 14. The average Bonchev–Trinajstić information content (AvgIpc) is 3.33. The topological polar surface area (TPSA) is 84.0 Å². The van der Waals surface area contributed by atoms with Crippen molar-refractivity contribution >= 4 is 56.5 Å². The first-order valence-electron chi connectivity index (χ1n) is 10.2. The molecule has 3 rings (SSSR count). The number of hydrogen-bond donors (Lipinski definition) is 2. The number of thioether (sulfide) groups is 2. The minimum Gasteiger partial charge on any atom is -0.370 e. The van der Waals surface area contributed by atoms with Gasteiger partial charge in [-0.15, -0.1) is 0 Å². The van der Waals surface area contributed by atoms with Crippen LogP contribution in [-0.2, 0) is 21.3 Å². The van der Waals surface area contributed by atoms with Crippen molar-refractivity contribution in [1.82, 2.24) is 20.0 Å². The van der Waals surface area contributed by atoms with Crippen LogP contribution in [0.2, 0.25) is 5.02 Å². The first kappa shape index (κ1) is 25.9. The zero-order valence-electron chi connectivity index (χ0n) is 17.8. The van der Waals surface area contributed by atoms with Gasteiger partial charge in [0, 0.05) is 47.7 Å². The maximum Gasteiger partial charge on any atom is 0.203 e. The van der Waals surface area contributed by atoms with E-state index in [0.717, 1.165) is 28.6 Å². The highest BCUT2D eigenvalue weighted by molar-refractivity contribution is 7.98. The second-order valence-electron chi connectivity index (χ2n) is 6.77. The van der Waals surface area contributed by atoms with Crippen LogP contribution in [0, 0.1) is 0 Å². The molecule has 176 valence electrons. The molecule has 11 heteroatoms. The van der Waals surface area contributed by atoms with Gasteiger partial charge in [0.15, 0.2) is 0 Å². The van der Waals surface area contributed by atoms with Gasteiger partial charge in [-0.05, 0) is 41.9 Å². The van der Waals surface area contributed by atoms with Crippen LogP contribution in [0.15, 0.2) is 76.2 Å². The smallest absolute Gasteiger partial charge is 0.203 e. The van der Waals surface area contributed by atoms with Gasteiger partial charge < -0.3 is 10.6 Å². The predicted octanol–water partition coefficient (Wildman–Crippen LogP) is 4.81. The molecule has 2 N–H and O–H groups in total. The van der Waals surface area contributed by atoms with Crippen molar-refractivity contribution in [1.29, 1.82) is 0 Å². The Kier molecular flexibility index (Phi) is 10.9. The third kappa shape index (κ3) is 9.21. The number of benzene rings is 1. The fraction of sp³-hybridized carbons (Fsp3) is 0.273. The van der Waals surface area contributed by atoms with Crippen LogP contribution < -0.4 is 10.6 Å². The average molecular weight is 541 g/mol. The van der Waals surface area contributed by atoms with Gasteiger partial charge in [-0.2, -0.15) is 27.9 Å². The van der Waals surface area contributed by atoms with Gasteiger partial charge >= 0.3 is 0 Å². The van der Waals surface area contributed by atoms with Crippen molar-refractivity contribution in [2.75, 3.05) is 24.6 Å². The molecule has 0 aliphatic heterocycles. The number of sulfone groups is 1. The van der Waals surface area contributed by atoms with Crippen molar-refractivity contribution < 1.29 is 8.42 Å². The molecule has 0 aliphatic rings. The molecular weight excluding hydrogens is 516 g/mol. The molecule has 3 aromatic rings. The molecule has 0 radical (unpaired) electrons. The highest BCUT2D eigenvalue weighted by atomic mass is 35.5. The second kappa shape index (κ2) is 13.9. The van der Waals surface area contributed by atoms with E-state index in [2.05, 4.69) is 20.0 Å². The van der Waals surface area contributed by atoms with E-state index >= 15 is 0 Å². The molecule has 33 heavy (non-hydrogen) atoms. The van der Waals surface area contributed by atoms with Gasteiger partial charge in [0.2, 0.25) is 9.84 Å². The molecule has 0 spiro atoms. The van der Waals surface area contributed by atoms with Crippen molar-refractivity contribution in [3.8, 4) is 0 Å². The number of hydrogen-bond acceptors (Lipinski definition) is 9. The lowest BCUT2D eigenvalue weighted by atomic mass is 10.4. The zero-order valence-corrected chi connectivity index (χ0v) is 21.8. The summed E-state index contributed by atoms with van der Waals surface area (Å²) in [4.78, 5) is 4.55. The van der Waals surface area contributed by atoms with E-state index in [9.17, 15) is 8.42 Å². The number of pyridine rings is 1. The number of aromatic nitrogens is 2. The summed E-state index contributed by atoms with van der Waals surface area (Å²) < 4.78 is 29.9. The monoisotopic (exact) mass is 540 g/mol. The lowest BCUT2D eigenvalue weighted by Gasteiger charge is -2.14. The SMILES string of the molecule is O=S(=O)(/C=C(\NCCSCc1ccsn1)NCCSCc1ncccc1Cl)c1ccccc1. The Bertz CT molecular complexity index is 1110. The van der Waals surface area contributed by atoms with E-state index in [1.54, 1.807) is 60.1 Å². The molecular formula is C22H25ClN4O2S4. The molecule has 0 aliphatic carbocycles. The van der Waals surface area contributed by atoms with Crippen LogP contribution >= 0.6 is 46.7 Å². The molecule has 2 aromatic heterocycles. The van der Waals surface area contributed by atoms with Gasteiger partial charge in [-0.25, -0.2) is 8.42 Å². The van der Waals surface area contributed by atoms with Crippen molar-refractivity contribution in [3.05, 3.63) is 87.7 Å². The Morgan fingerprint density at radius 2 is 1.73 bits per heavy atom. The molecule has 0 amide bonds. The molecule has 6 nitrogen and oxygen atoms in total. The Labute approximate surface area is 212 Å². The van der Waals surface area contributed by atoms with Gasteiger partial charge in [-0.3, -0.25) is 4.98 Å². The Balaban J connectivity index is 1.52. The normalized spacial score (nSPS) is 12.0. The van der Waals surface area contributed by atoms with E-state index in [-0.39, 0.29) is 4.90 Å². The predicted molar refractivity (Wildman–Crippen MR) is 141 cm³/mol. The third-order valence-electron chi connectivity index (χ3n) is 4.28. The van der Waals surface area contributed by atoms with E-state index in [4.69, 9.17) is 11.6 Å². The zero-order chi connectivity index (χ0) is 23.4. The summed E-state index contributed by atoms with van der Waals surface area (Å²) in [7, 11) is -3.57. The highest BCUT2D eigenvalue weighted by Crippen LogP contribution is 2.18. The molecule has 0 atom stereocenters. The minimum atomic E-state index is -3.57. The number of nitrogens with zero attached hydrogens (tertiary/aromatic N) is 2. The molecule has 0 fully saturated rings. The van der Waals surface area contributed by atoms with Crippen LogP contribution in [0.4, 0.5) is 0 Å². The van der Waals surface area contributed by atoms with E-state index < -0.39 is 9.84 Å². The summed E-state index contributed by atoms with van der Waals surface area (Å²) in [6.07, 6.45) is 1.73. The highest BCUT2D eigenvalue weighted by Gasteiger charge is 2.12. The van der Waals surface area contributed by atoms with Crippen LogP contribution in [-0.4, -0.2) is 42.4 Å². The lowest BCUT2D eigenvalue weighted by Crippen LogP contribution is -2.30. The van der Waals surface area contributed by atoms with Crippen LogP contribution in [0.3, 0.4) is 0 Å². The quantitative estimate of drug-likeness (QED) is 0.282. The molecule has 0 bridgehead atoms. The van der Waals surface area contributed by atoms with E-state index in [1.807, 2.05) is 23.6 Å². The minimum absolute atomic E-state index is 0.267. The van der Waals surface area contributed by atoms with Crippen molar-refractivity contribution in [2.24, 2.45) is 0 Å². The number of nitrogens with one attached hydrogen (secondary N) is 2. The Morgan fingerprint density at radius 3 is 2.39 bits per heavy atom. The molecule has 0 unspecified atom stereocenters. The van der Waals surface area contributed by atoms with Crippen LogP contribution in [0.25, 0.3) is 0 Å². The molecule has 0 saturated heterocycles. The van der Waals surface area contributed by atoms with E-state index in [1.165, 1.54) is 16.9 Å². The molecule has 2 heterocycles. The van der Waals surface area contributed by atoms with Crippen molar-refractivity contribution in [3.63, 3.8) is 0 Å². The summed E-state index contributed by atoms with van der Waals surface area (Å²) in [5, 5.41) is 10.4. The summed E-state index contributed by atoms with van der Waals surface area (Å²) in [5.41, 5.74) is 1.91. The summed E-state index contributed by atoms with van der Waals surface area (Å²) in [6.45, 7) is 1.23.